The van der Waals surface area contributed by atoms with Gasteiger partial charge in [0.1, 0.15) is 0 Å². The van der Waals surface area contributed by atoms with Crippen molar-refractivity contribution in [1.29, 1.82) is 0 Å². The SMILES string of the molecule is CC(C)c1noc2ncc(C(=O)N(C)[C@H]3CCC[C@H](C)C3)cc12. The topological polar surface area (TPSA) is 59.2 Å². The van der Waals surface area contributed by atoms with Gasteiger partial charge in [-0.15, -0.1) is 0 Å². The van der Waals surface area contributed by atoms with Gasteiger partial charge in [0.25, 0.3) is 11.6 Å². The molecule has 0 saturated heterocycles. The minimum atomic E-state index is 0.0365. The molecule has 2 heterocycles. The predicted octanol–water partition coefficient (Wildman–Crippen LogP) is 4.00. The molecule has 2 aromatic heterocycles. The summed E-state index contributed by atoms with van der Waals surface area (Å²) in [6.07, 6.45) is 6.24. The normalized spacial score (nSPS) is 21.8. The lowest BCUT2D eigenvalue weighted by molar-refractivity contribution is 0.0672. The molecule has 0 spiro atoms. The van der Waals surface area contributed by atoms with Crippen molar-refractivity contribution in [3.63, 3.8) is 0 Å². The molecule has 3 rings (SSSR count). The van der Waals surface area contributed by atoms with Crippen LogP contribution in [0.3, 0.4) is 0 Å². The van der Waals surface area contributed by atoms with E-state index in [2.05, 4.69) is 30.9 Å². The van der Waals surface area contributed by atoms with Crippen LogP contribution in [-0.2, 0) is 0 Å². The highest BCUT2D eigenvalue weighted by Gasteiger charge is 2.26. The van der Waals surface area contributed by atoms with E-state index >= 15 is 0 Å². The molecule has 1 aliphatic rings. The van der Waals surface area contributed by atoms with Gasteiger partial charge in [0.05, 0.1) is 16.6 Å². The number of pyridine rings is 1. The van der Waals surface area contributed by atoms with Gasteiger partial charge in [0.15, 0.2) is 0 Å². The molecule has 1 saturated carbocycles. The molecular weight excluding hydrogens is 290 g/mol. The number of aromatic nitrogens is 2. The van der Waals surface area contributed by atoms with Crippen molar-refractivity contribution < 1.29 is 9.32 Å². The van der Waals surface area contributed by atoms with E-state index in [1.165, 1.54) is 12.8 Å². The van der Waals surface area contributed by atoms with E-state index in [1.54, 1.807) is 6.20 Å². The van der Waals surface area contributed by atoms with Gasteiger partial charge in [-0.05, 0) is 30.7 Å². The van der Waals surface area contributed by atoms with Gasteiger partial charge < -0.3 is 9.42 Å². The Kier molecular flexibility index (Phi) is 4.37. The van der Waals surface area contributed by atoms with Crippen LogP contribution in [0.15, 0.2) is 16.8 Å². The van der Waals surface area contributed by atoms with Gasteiger partial charge in [-0.25, -0.2) is 4.98 Å². The van der Waals surface area contributed by atoms with Crippen molar-refractivity contribution >= 4 is 17.0 Å². The molecule has 0 aromatic carbocycles. The standard InChI is InChI=1S/C18H25N3O2/c1-11(2)16-15-9-13(10-19-17(15)23-20-16)18(22)21(4)14-7-5-6-12(3)8-14/h9-12,14H,5-8H2,1-4H3/t12-,14-/m0/s1. The summed E-state index contributed by atoms with van der Waals surface area (Å²) < 4.78 is 5.25. The molecule has 0 radical (unpaired) electrons. The third kappa shape index (κ3) is 3.09. The Morgan fingerprint density at radius 1 is 1.39 bits per heavy atom. The van der Waals surface area contributed by atoms with E-state index in [-0.39, 0.29) is 11.8 Å². The lowest BCUT2D eigenvalue weighted by Crippen LogP contribution is -2.39. The van der Waals surface area contributed by atoms with Crippen molar-refractivity contribution in [3.05, 3.63) is 23.5 Å². The van der Waals surface area contributed by atoms with Gasteiger partial charge in [0, 0.05) is 19.3 Å². The van der Waals surface area contributed by atoms with Crippen LogP contribution in [0.4, 0.5) is 0 Å². The Bertz CT molecular complexity index is 707. The molecule has 23 heavy (non-hydrogen) atoms. The molecule has 1 fully saturated rings. The lowest BCUT2D eigenvalue weighted by atomic mass is 9.86. The van der Waals surface area contributed by atoms with E-state index in [0.29, 0.717) is 23.2 Å². The second-order valence-electron chi connectivity index (χ2n) is 7.14. The minimum absolute atomic E-state index is 0.0365. The van der Waals surface area contributed by atoms with Crippen LogP contribution in [0, 0.1) is 5.92 Å². The Labute approximate surface area is 137 Å². The van der Waals surface area contributed by atoms with Gasteiger partial charge in [-0.1, -0.05) is 38.8 Å². The van der Waals surface area contributed by atoms with Crippen molar-refractivity contribution in [2.45, 2.75) is 58.4 Å². The monoisotopic (exact) mass is 315 g/mol. The number of carbonyl (C=O) groups excluding carboxylic acids is 1. The molecule has 1 aliphatic carbocycles. The summed E-state index contributed by atoms with van der Waals surface area (Å²) in [5.74, 6) is 0.963. The van der Waals surface area contributed by atoms with Crippen molar-refractivity contribution in [1.82, 2.24) is 15.0 Å². The summed E-state index contributed by atoms with van der Waals surface area (Å²) >= 11 is 0. The Balaban J connectivity index is 1.86. The van der Waals surface area contributed by atoms with E-state index < -0.39 is 0 Å². The first-order valence-corrected chi connectivity index (χ1v) is 8.49. The Morgan fingerprint density at radius 2 is 2.17 bits per heavy atom. The van der Waals surface area contributed by atoms with Crippen LogP contribution < -0.4 is 0 Å². The number of carbonyl (C=O) groups is 1. The van der Waals surface area contributed by atoms with E-state index in [4.69, 9.17) is 4.52 Å². The first-order chi connectivity index (χ1) is 11.0. The highest BCUT2D eigenvalue weighted by atomic mass is 16.5. The Hall–Kier alpha value is -1.91. The van der Waals surface area contributed by atoms with Crippen LogP contribution in [0.2, 0.25) is 0 Å². The van der Waals surface area contributed by atoms with Crippen LogP contribution in [-0.4, -0.2) is 34.0 Å². The second kappa shape index (κ2) is 6.30. The first kappa shape index (κ1) is 16.0. The number of hydrogen-bond acceptors (Lipinski definition) is 4. The third-order valence-corrected chi connectivity index (χ3v) is 4.93. The molecule has 0 aliphatic heterocycles. The highest BCUT2D eigenvalue weighted by Crippen LogP contribution is 2.28. The summed E-state index contributed by atoms with van der Waals surface area (Å²) in [4.78, 5) is 19.0. The second-order valence-corrected chi connectivity index (χ2v) is 7.14. The van der Waals surface area contributed by atoms with Crippen molar-refractivity contribution in [2.24, 2.45) is 5.92 Å². The summed E-state index contributed by atoms with van der Waals surface area (Å²) in [5.41, 5.74) is 1.97. The maximum absolute atomic E-state index is 12.8. The molecule has 0 N–H and O–H groups in total. The van der Waals surface area contributed by atoms with Crippen LogP contribution in [0.1, 0.15) is 68.4 Å². The molecule has 2 atom stereocenters. The summed E-state index contributed by atoms with van der Waals surface area (Å²) in [6.45, 7) is 6.38. The molecule has 1 amide bonds. The average Bonchev–Trinajstić information content (AvgIpc) is 2.96. The summed E-state index contributed by atoms with van der Waals surface area (Å²) in [7, 11) is 1.91. The minimum Gasteiger partial charge on any atom is -0.339 e. The maximum atomic E-state index is 12.8. The quantitative estimate of drug-likeness (QED) is 0.859. The van der Waals surface area contributed by atoms with Crippen LogP contribution >= 0.6 is 0 Å². The average molecular weight is 315 g/mol. The first-order valence-electron chi connectivity index (χ1n) is 8.49. The fraction of sp³-hybridized carbons (Fsp3) is 0.611. The summed E-state index contributed by atoms with van der Waals surface area (Å²) in [5, 5.41) is 4.92. The fourth-order valence-electron chi connectivity index (χ4n) is 3.51. The summed E-state index contributed by atoms with van der Waals surface area (Å²) in [6, 6.07) is 2.20. The van der Waals surface area contributed by atoms with Crippen molar-refractivity contribution in [2.75, 3.05) is 7.05 Å². The Morgan fingerprint density at radius 3 is 2.87 bits per heavy atom. The zero-order valence-electron chi connectivity index (χ0n) is 14.4. The molecule has 5 heteroatoms. The molecule has 124 valence electrons. The molecular formula is C18H25N3O2. The van der Waals surface area contributed by atoms with E-state index in [9.17, 15) is 4.79 Å². The highest BCUT2D eigenvalue weighted by molar-refractivity contribution is 5.97. The number of rotatable bonds is 3. The van der Waals surface area contributed by atoms with Crippen LogP contribution in [0.5, 0.6) is 0 Å². The molecule has 2 aromatic rings. The lowest BCUT2D eigenvalue weighted by Gasteiger charge is -2.34. The van der Waals surface area contributed by atoms with Crippen LogP contribution in [0.25, 0.3) is 11.1 Å². The molecule has 0 unspecified atom stereocenters. The van der Waals surface area contributed by atoms with Crippen molar-refractivity contribution in [3.8, 4) is 0 Å². The van der Waals surface area contributed by atoms with Gasteiger partial charge >= 0.3 is 0 Å². The number of nitrogens with zero attached hydrogens (tertiary/aromatic N) is 3. The van der Waals surface area contributed by atoms with Gasteiger partial charge in [-0.3, -0.25) is 4.79 Å². The van der Waals surface area contributed by atoms with E-state index in [1.807, 2.05) is 18.0 Å². The third-order valence-electron chi connectivity index (χ3n) is 4.93. The largest absolute Gasteiger partial charge is 0.339 e. The zero-order valence-corrected chi connectivity index (χ0v) is 14.4. The number of hydrogen-bond donors (Lipinski definition) is 0. The zero-order chi connectivity index (χ0) is 16.6. The number of fused-ring (bicyclic) bond motifs is 1. The van der Waals surface area contributed by atoms with E-state index in [0.717, 1.165) is 23.9 Å². The fourth-order valence-corrected chi connectivity index (χ4v) is 3.51. The maximum Gasteiger partial charge on any atom is 0.257 e. The van der Waals surface area contributed by atoms with Gasteiger partial charge in [0.2, 0.25) is 0 Å². The molecule has 0 bridgehead atoms. The molecule has 5 nitrogen and oxygen atoms in total. The smallest absolute Gasteiger partial charge is 0.257 e. The predicted molar refractivity (Wildman–Crippen MR) is 89.4 cm³/mol. The number of amides is 1. The van der Waals surface area contributed by atoms with Gasteiger partial charge in [-0.2, -0.15) is 0 Å².